The number of hydrogen-bond donors (Lipinski definition) is 4. The lowest BCUT2D eigenvalue weighted by Crippen LogP contribution is -2.55. The number of rotatable bonds is 15. The minimum atomic E-state index is -3.63. The molecule has 3 atom stereocenters. The van der Waals surface area contributed by atoms with Crippen LogP contribution < -0.4 is 16.4 Å². The van der Waals surface area contributed by atoms with Crippen LogP contribution in [0.25, 0.3) is 0 Å². The van der Waals surface area contributed by atoms with Crippen molar-refractivity contribution in [2.75, 3.05) is 113 Å². The molecular formula is C72H95AlN8O18S3. The van der Waals surface area contributed by atoms with E-state index in [2.05, 4.69) is 63.9 Å². The van der Waals surface area contributed by atoms with Crippen molar-refractivity contribution < 1.29 is 82.8 Å². The lowest BCUT2D eigenvalue weighted by atomic mass is 10.0. The van der Waals surface area contributed by atoms with Crippen LogP contribution >= 0.6 is 0 Å². The maximum atomic E-state index is 13.4. The molecule has 0 bridgehead atoms. The van der Waals surface area contributed by atoms with Crippen molar-refractivity contribution in [3.8, 4) is 0 Å². The summed E-state index contributed by atoms with van der Waals surface area (Å²) in [6.07, 6.45) is 6.55. The Balaban J connectivity index is 0.000000158. The lowest BCUT2D eigenvalue weighted by Gasteiger charge is -2.38. The number of carbonyl (C=O) groups excluding carboxylic acids is 5. The van der Waals surface area contributed by atoms with Gasteiger partial charge in [-0.2, -0.15) is 12.9 Å². The summed E-state index contributed by atoms with van der Waals surface area (Å²) in [7, 11) is -8.13. The van der Waals surface area contributed by atoms with Gasteiger partial charge in [0.1, 0.15) is 12.1 Å². The first-order valence-electron chi connectivity index (χ1n) is 34.3. The van der Waals surface area contributed by atoms with Gasteiger partial charge in [-0.05, 0) is 134 Å². The summed E-state index contributed by atoms with van der Waals surface area (Å²) in [5.41, 5.74) is 11.1. The Hall–Kier alpha value is -7.02. The van der Waals surface area contributed by atoms with Crippen molar-refractivity contribution in [2.45, 2.75) is 116 Å². The van der Waals surface area contributed by atoms with Crippen LogP contribution in [0.5, 0.6) is 0 Å². The summed E-state index contributed by atoms with van der Waals surface area (Å²) < 4.78 is 106. The first-order valence-corrected chi connectivity index (χ1v) is 42.1. The van der Waals surface area contributed by atoms with Gasteiger partial charge >= 0.3 is 17.9 Å². The highest BCUT2D eigenvalue weighted by atomic mass is 32.2. The van der Waals surface area contributed by atoms with Gasteiger partial charge in [0, 0.05) is 83.1 Å². The van der Waals surface area contributed by atoms with Crippen LogP contribution in [0, 0.1) is 30.1 Å². The number of aryl methyl sites for hydroxylation is 2. The highest BCUT2D eigenvalue weighted by molar-refractivity contribution is 7.89. The van der Waals surface area contributed by atoms with Crippen LogP contribution in [0.2, 0.25) is 17.4 Å². The Morgan fingerprint density at radius 2 is 0.912 bits per heavy atom. The van der Waals surface area contributed by atoms with Gasteiger partial charge in [-0.25, -0.2) is 34.8 Å². The molecule has 0 radical (unpaired) electrons. The van der Waals surface area contributed by atoms with E-state index in [0.29, 0.717) is 78.8 Å². The SMILES string of the molecule is COC(=O)[C@H]1COCCN1.COC(=O)[C@H]1COCCN1C(=O)c1cccc(S(=O)(=O)N2CC3(CC3)C2)c1.Cc1ccc(CN)cc1.Cc1ccc(CNC(=O)[C@H]2COCCN2C(=O)c2cccc(S(=O)(=O)N3CC4(CC4)C3)c2)cc1.O=C(O)c1cccc(S(=O)(=O)N2CC3(CC3)C2)c1.[CH3][Al]([CH3])[CH3]. The number of carboxylic acid groups (broad SMARTS) is 1. The molecule has 30 heteroatoms. The highest BCUT2D eigenvalue weighted by Gasteiger charge is 2.58. The van der Waals surface area contributed by atoms with Crippen molar-refractivity contribution in [1.82, 2.24) is 33.3 Å². The van der Waals surface area contributed by atoms with E-state index in [9.17, 15) is 54.0 Å². The molecule has 102 heavy (non-hydrogen) atoms. The lowest BCUT2D eigenvalue weighted by molar-refractivity contribution is -0.151. The summed E-state index contributed by atoms with van der Waals surface area (Å²) in [4.78, 5) is 75.9. The third-order valence-corrected chi connectivity index (χ3v) is 24.4. The van der Waals surface area contributed by atoms with Crippen LogP contribution in [0.1, 0.15) is 91.9 Å². The number of esters is 2. The van der Waals surface area contributed by atoms with E-state index in [1.165, 1.54) is 96.6 Å². The van der Waals surface area contributed by atoms with Crippen LogP contribution in [0.15, 0.2) is 136 Å². The summed E-state index contributed by atoms with van der Waals surface area (Å²) in [5, 5.41) is 14.7. The molecule has 6 saturated heterocycles. The Bertz CT molecular complexity index is 4120. The fourth-order valence-corrected chi connectivity index (χ4v) is 17.2. The number of nitrogens with one attached hydrogen (secondary N) is 2. The van der Waals surface area contributed by atoms with E-state index in [1.54, 1.807) is 24.3 Å². The van der Waals surface area contributed by atoms with Gasteiger partial charge in [0.15, 0.2) is 6.04 Å². The van der Waals surface area contributed by atoms with Crippen LogP contribution in [-0.2, 0) is 81.2 Å². The molecule has 0 unspecified atom stereocenters. The number of morpholine rings is 3. The smallest absolute Gasteiger partial charge is 0.335 e. The van der Waals surface area contributed by atoms with Crippen molar-refractivity contribution in [3.05, 3.63) is 160 Å². The van der Waals surface area contributed by atoms with Gasteiger partial charge in [-0.15, -0.1) is 17.4 Å². The average Bonchev–Trinajstić information content (AvgIpc) is 1.58. The summed E-state index contributed by atoms with van der Waals surface area (Å²) in [5.74, 6) is 3.91. The van der Waals surface area contributed by atoms with Crippen molar-refractivity contribution in [3.63, 3.8) is 0 Å². The number of carboxylic acids is 1. The van der Waals surface area contributed by atoms with Crippen LogP contribution in [0.3, 0.4) is 0 Å². The fourth-order valence-electron chi connectivity index (χ4n) is 12.1. The normalized spacial score (nSPS) is 21.1. The van der Waals surface area contributed by atoms with Gasteiger partial charge in [-0.3, -0.25) is 19.2 Å². The van der Waals surface area contributed by atoms with Crippen LogP contribution in [0.4, 0.5) is 0 Å². The predicted molar refractivity (Wildman–Crippen MR) is 381 cm³/mol. The zero-order valence-electron chi connectivity index (χ0n) is 59.0. The van der Waals surface area contributed by atoms with E-state index in [4.69, 9.17) is 29.8 Å². The monoisotopic (exact) mass is 1480 g/mol. The predicted octanol–water partition coefficient (Wildman–Crippen LogP) is 5.56. The number of ether oxygens (including phenoxy) is 5. The number of methoxy groups -OCH3 is 2. The molecule has 3 aliphatic carbocycles. The van der Waals surface area contributed by atoms with Gasteiger partial charge in [0.2, 0.25) is 36.0 Å². The molecule has 5 N–H and O–H groups in total. The molecule has 5 aromatic rings. The number of hydrogen-bond acceptors (Lipinski definition) is 19. The number of carbonyl (C=O) groups is 6. The molecular weight excluding hydrogens is 1390 g/mol. The standard InChI is InChI=1S/C25H29N3O5S.C18H22N2O6S.C12H13NO4S.C8H11N.C6H11NO3.3CH3.Al/c1-18-5-7-19(8-6-18)14-26-23(29)22-15-33-12-11-28(22)24(30)20-3-2-4-21(13-20)34(31,32)27-16-25(17-27)9-10-25;1-25-17(22)15-10-26-8-7-20(15)16(21)13-3-2-4-14(9-13)27(23,24)19-11-18(12-19)5-6-18;14-11(15)9-2-1-3-10(6-9)18(16,17)13-7-12(8-13)4-5-12;1-7-2-4-8(6-9)5-3-7;1-9-6(8)5-4-10-3-2-7-5;;;;/h2-8,13,22H,9-12,14-17H2,1H3,(H,26,29);2-4,9,15H,5-8,10-12H2,1H3;1-3,6H,4-5,7-8H2,(H,14,15);2-5H,6,9H2,1H3;5,7H,2-4H2,1H3;3*1H3;/t22-;15-;;;5-;;;;/m11..1..../s1. The minimum absolute atomic E-state index is 0.00210. The molecule has 3 spiro atoms. The Labute approximate surface area is 603 Å². The van der Waals surface area contributed by atoms with Crippen molar-refractivity contribution in [1.29, 1.82) is 0 Å². The Morgan fingerprint density at radius 3 is 1.28 bits per heavy atom. The Kier molecular flexibility index (Phi) is 26.6. The number of nitrogens with two attached hydrogens (primary N) is 1. The largest absolute Gasteiger partial charge is 0.478 e. The fraction of sp³-hybridized carbons (Fsp3) is 0.500. The molecule has 5 aromatic carbocycles. The van der Waals surface area contributed by atoms with E-state index in [0.717, 1.165) is 56.2 Å². The quantitative estimate of drug-likeness (QED) is 0.0736. The van der Waals surface area contributed by atoms with Crippen molar-refractivity contribution >= 4 is 79.8 Å². The zero-order chi connectivity index (χ0) is 73.8. The number of nitrogens with zero attached hydrogens (tertiary/aromatic N) is 5. The van der Waals surface area contributed by atoms with Gasteiger partial charge in [0.25, 0.3) is 26.0 Å². The maximum absolute atomic E-state index is 13.4. The molecule has 9 aliphatic rings. The van der Waals surface area contributed by atoms with Crippen LogP contribution in [-0.4, -0.2) is 234 Å². The first kappa shape index (κ1) is 79.1. The topological polar surface area (TPSA) is 338 Å². The number of sulfonamides is 3. The molecule has 3 amide bonds. The molecule has 9 fully saturated rings. The van der Waals surface area contributed by atoms with Gasteiger partial charge in [0.05, 0.1) is 74.1 Å². The van der Waals surface area contributed by atoms with E-state index >= 15 is 0 Å². The first-order chi connectivity index (χ1) is 48.5. The van der Waals surface area contributed by atoms with Crippen molar-refractivity contribution in [2.24, 2.45) is 22.0 Å². The van der Waals surface area contributed by atoms with Gasteiger partial charge < -0.3 is 55.0 Å². The number of amides is 3. The van der Waals surface area contributed by atoms with E-state index < -0.39 is 60.0 Å². The van der Waals surface area contributed by atoms with E-state index in [1.807, 2.05) is 31.2 Å². The molecule has 6 heterocycles. The third kappa shape index (κ3) is 20.3. The highest BCUT2D eigenvalue weighted by Crippen LogP contribution is 2.56. The zero-order valence-corrected chi connectivity index (χ0v) is 62.6. The Morgan fingerprint density at radius 1 is 0.539 bits per heavy atom. The summed E-state index contributed by atoms with van der Waals surface area (Å²) in [6.45, 7) is 11.5. The molecule has 26 nitrogen and oxygen atoms in total. The molecule has 3 saturated carbocycles. The molecule has 0 aromatic heterocycles. The minimum Gasteiger partial charge on any atom is -0.478 e. The number of benzene rings is 5. The summed E-state index contributed by atoms with van der Waals surface area (Å²) >= 11 is -0.139. The molecule has 6 aliphatic heterocycles. The third-order valence-electron chi connectivity index (χ3n) is 19.0. The number of aromatic carboxylic acids is 1. The summed E-state index contributed by atoms with van der Waals surface area (Å²) in [6, 6.07) is 31.9. The second-order valence-corrected chi connectivity index (χ2v) is 37.4. The second-order valence-electron chi connectivity index (χ2n) is 28.1. The average molecular weight is 1480 g/mol. The van der Waals surface area contributed by atoms with E-state index in [-0.39, 0.29) is 112 Å². The van der Waals surface area contributed by atoms with Gasteiger partial charge in [-0.1, -0.05) is 77.9 Å². The molecule has 14 rings (SSSR count). The maximum Gasteiger partial charge on any atom is 0.335 e. The molecule has 552 valence electrons. The second kappa shape index (κ2) is 34.3.